The van der Waals surface area contributed by atoms with E-state index in [9.17, 15) is 0 Å². The van der Waals surface area contributed by atoms with Gasteiger partial charge in [-0.1, -0.05) is 48.0 Å². The molecule has 0 bridgehead atoms. The van der Waals surface area contributed by atoms with Gasteiger partial charge in [-0.15, -0.1) is 0 Å². The second-order valence-electron chi connectivity index (χ2n) is 5.61. The summed E-state index contributed by atoms with van der Waals surface area (Å²) in [6.45, 7) is 9.08. The molecule has 0 spiro atoms. The summed E-state index contributed by atoms with van der Waals surface area (Å²) in [6, 6.07) is 9.19. The quantitative estimate of drug-likeness (QED) is 0.918. The predicted octanol–water partition coefficient (Wildman–Crippen LogP) is 3.27. The van der Waals surface area contributed by atoms with Gasteiger partial charge in [0.2, 0.25) is 0 Å². The monoisotopic (exact) mass is 310 g/mol. The zero-order chi connectivity index (χ0) is 13.0. The third kappa shape index (κ3) is 4.08. The first-order valence-electron chi connectivity index (χ1n) is 6.84. The standard InChI is InChI=1S/C15H23BrN2/c1-12(2)9-14-11-18(8-7-17-14)10-13-5-3-4-6-15(13)16/h3-6,12,14,17H,7-11H2,1-2H3. The lowest BCUT2D eigenvalue weighted by atomic mass is 10.0. The van der Waals surface area contributed by atoms with Gasteiger partial charge in [0.05, 0.1) is 0 Å². The van der Waals surface area contributed by atoms with Crippen molar-refractivity contribution in [2.75, 3.05) is 19.6 Å². The highest BCUT2D eigenvalue weighted by atomic mass is 79.9. The fourth-order valence-electron chi connectivity index (χ4n) is 2.63. The van der Waals surface area contributed by atoms with Gasteiger partial charge in [-0.05, 0) is 24.0 Å². The highest BCUT2D eigenvalue weighted by Crippen LogP contribution is 2.19. The number of nitrogens with one attached hydrogen (secondary N) is 1. The number of halogens is 1. The summed E-state index contributed by atoms with van der Waals surface area (Å²) in [5.41, 5.74) is 1.39. The fraction of sp³-hybridized carbons (Fsp3) is 0.600. The van der Waals surface area contributed by atoms with Crippen LogP contribution in [-0.2, 0) is 6.54 Å². The van der Waals surface area contributed by atoms with Crippen LogP contribution in [-0.4, -0.2) is 30.6 Å². The van der Waals surface area contributed by atoms with E-state index >= 15 is 0 Å². The number of nitrogens with zero attached hydrogens (tertiary/aromatic N) is 1. The lowest BCUT2D eigenvalue weighted by molar-refractivity contribution is 0.179. The van der Waals surface area contributed by atoms with E-state index in [1.807, 2.05) is 0 Å². The maximum Gasteiger partial charge on any atom is 0.0246 e. The molecule has 1 aliphatic heterocycles. The van der Waals surface area contributed by atoms with Crippen LogP contribution in [0.3, 0.4) is 0 Å². The summed E-state index contributed by atoms with van der Waals surface area (Å²) in [4.78, 5) is 2.56. The van der Waals surface area contributed by atoms with E-state index in [1.54, 1.807) is 0 Å². The van der Waals surface area contributed by atoms with Crippen LogP contribution in [0.1, 0.15) is 25.8 Å². The smallest absolute Gasteiger partial charge is 0.0246 e. The first-order valence-corrected chi connectivity index (χ1v) is 7.63. The van der Waals surface area contributed by atoms with Crippen LogP contribution < -0.4 is 5.32 Å². The first-order chi connectivity index (χ1) is 8.65. The van der Waals surface area contributed by atoms with E-state index in [-0.39, 0.29) is 0 Å². The minimum atomic E-state index is 0.654. The molecule has 0 saturated carbocycles. The van der Waals surface area contributed by atoms with Crippen molar-refractivity contribution >= 4 is 15.9 Å². The fourth-order valence-corrected chi connectivity index (χ4v) is 3.04. The summed E-state index contributed by atoms with van der Waals surface area (Å²) in [7, 11) is 0. The van der Waals surface area contributed by atoms with E-state index < -0.39 is 0 Å². The van der Waals surface area contributed by atoms with Crippen LogP contribution in [0.2, 0.25) is 0 Å². The van der Waals surface area contributed by atoms with Gasteiger partial charge >= 0.3 is 0 Å². The maximum atomic E-state index is 3.64. The topological polar surface area (TPSA) is 15.3 Å². The number of hydrogen-bond donors (Lipinski definition) is 1. The molecule has 1 N–H and O–H groups in total. The van der Waals surface area contributed by atoms with Crippen molar-refractivity contribution < 1.29 is 0 Å². The summed E-state index contributed by atoms with van der Waals surface area (Å²) in [5, 5.41) is 3.63. The van der Waals surface area contributed by atoms with Gasteiger partial charge in [-0.3, -0.25) is 4.90 Å². The van der Waals surface area contributed by atoms with Crippen molar-refractivity contribution in [1.29, 1.82) is 0 Å². The van der Waals surface area contributed by atoms with Crippen molar-refractivity contribution in [3.8, 4) is 0 Å². The Balaban J connectivity index is 1.91. The normalized spacial score (nSPS) is 21.4. The third-order valence-corrected chi connectivity index (χ3v) is 4.22. The lowest BCUT2D eigenvalue weighted by Crippen LogP contribution is -2.50. The number of piperazine rings is 1. The van der Waals surface area contributed by atoms with Gasteiger partial charge < -0.3 is 5.32 Å². The predicted molar refractivity (Wildman–Crippen MR) is 80.7 cm³/mol. The molecule has 100 valence electrons. The number of hydrogen-bond acceptors (Lipinski definition) is 2. The van der Waals surface area contributed by atoms with Gasteiger partial charge in [0.1, 0.15) is 0 Å². The molecule has 1 atom stereocenters. The molecular weight excluding hydrogens is 288 g/mol. The summed E-state index contributed by atoms with van der Waals surface area (Å²) >= 11 is 3.64. The molecule has 0 amide bonds. The molecule has 1 heterocycles. The van der Waals surface area contributed by atoms with Crippen LogP contribution in [0, 0.1) is 5.92 Å². The first kappa shape index (κ1) is 14.0. The van der Waals surface area contributed by atoms with Gasteiger partial charge in [0.15, 0.2) is 0 Å². The summed E-state index contributed by atoms with van der Waals surface area (Å²) in [6.07, 6.45) is 1.27. The van der Waals surface area contributed by atoms with Gasteiger partial charge in [-0.2, -0.15) is 0 Å². The van der Waals surface area contributed by atoms with Crippen molar-refractivity contribution in [2.24, 2.45) is 5.92 Å². The molecular formula is C15H23BrN2. The SMILES string of the molecule is CC(C)CC1CN(Cc2ccccc2Br)CCN1. The van der Waals surface area contributed by atoms with E-state index in [0.29, 0.717) is 6.04 Å². The molecule has 1 aromatic rings. The molecule has 1 saturated heterocycles. The van der Waals surface area contributed by atoms with Crippen molar-refractivity contribution in [2.45, 2.75) is 32.9 Å². The zero-order valence-corrected chi connectivity index (χ0v) is 12.9. The van der Waals surface area contributed by atoms with E-state index in [1.165, 1.54) is 23.0 Å². The van der Waals surface area contributed by atoms with E-state index in [2.05, 4.69) is 64.3 Å². The molecule has 1 unspecified atom stereocenters. The molecule has 0 radical (unpaired) electrons. The minimum absolute atomic E-state index is 0.654. The molecule has 3 heteroatoms. The Morgan fingerprint density at radius 2 is 2.17 bits per heavy atom. The zero-order valence-electron chi connectivity index (χ0n) is 11.3. The molecule has 1 fully saturated rings. The Hall–Kier alpha value is -0.380. The third-order valence-electron chi connectivity index (χ3n) is 3.45. The van der Waals surface area contributed by atoms with Crippen LogP contribution in [0.15, 0.2) is 28.7 Å². The Kier molecular flexibility index (Phi) is 5.22. The van der Waals surface area contributed by atoms with Crippen LogP contribution in [0.5, 0.6) is 0 Å². The second-order valence-corrected chi connectivity index (χ2v) is 6.46. The van der Waals surface area contributed by atoms with Gasteiger partial charge in [0, 0.05) is 36.7 Å². The van der Waals surface area contributed by atoms with Crippen molar-refractivity contribution in [1.82, 2.24) is 10.2 Å². The van der Waals surface area contributed by atoms with E-state index in [0.717, 1.165) is 25.6 Å². The average molecular weight is 311 g/mol. The Morgan fingerprint density at radius 3 is 2.89 bits per heavy atom. The van der Waals surface area contributed by atoms with Crippen LogP contribution in [0.25, 0.3) is 0 Å². The highest BCUT2D eigenvalue weighted by molar-refractivity contribution is 9.10. The molecule has 18 heavy (non-hydrogen) atoms. The highest BCUT2D eigenvalue weighted by Gasteiger charge is 2.20. The van der Waals surface area contributed by atoms with E-state index in [4.69, 9.17) is 0 Å². The minimum Gasteiger partial charge on any atom is -0.311 e. The van der Waals surface area contributed by atoms with Gasteiger partial charge in [0.25, 0.3) is 0 Å². The van der Waals surface area contributed by atoms with Crippen LogP contribution in [0.4, 0.5) is 0 Å². The molecule has 1 aromatic carbocycles. The molecule has 2 rings (SSSR count). The summed E-state index contributed by atoms with van der Waals surface area (Å²) < 4.78 is 1.23. The largest absolute Gasteiger partial charge is 0.311 e. The van der Waals surface area contributed by atoms with Crippen molar-refractivity contribution in [3.63, 3.8) is 0 Å². The van der Waals surface area contributed by atoms with Crippen molar-refractivity contribution in [3.05, 3.63) is 34.3 Å². The second kappa shape index (κ2) is 6.69. The molecule has 0 aromatic heterocycles. The number of rotatable bonds is 4. The number of benzene rings is 1. The van der Waals surface area contributed by atoms with Gasteiger partial charge in [-0.25, -0.2) is 0 Å². The average Bonchev–Trinajstić information content (AvgIpc) is 2.32. The Labute approximate surface area is 119 Å². The Bertz CT molecular complexity index is 379. The molecule has 0 aliphatic carbocycles. The maximum absolute atomic E-state index is 3.64. The summed E-state index contributed by atoms with van der Waals surface area (Å²) in [5.74, 6) is 0.769. The lowest BCUT2D eigenvalue weighted by Gasteiger charge is -2.34. The molecule has 1 aliphatic rings. The molecule has 2 nitrogen and oxygen atoms in total. The Morgan fingerprint density at radius 1 is 1.39 bits per heavy atom. The van der Waals surface area contributed by atoms with Crippen LogP contribution >= 0.6 is 15.9 Å².